The summed E-state index contributed by atoms with van der Waals surface area (Å²) in [5.41, 5.74) is 7.24. The number of rotatable bonds is 3. The van der Waals surface area contributed by atoms with Gasteiger partial charge in [-0.2, -0.15) is 0 Å². The summed E-state index contributed by atoms with van der Waals surface area (Å²) in [5, 5.41) is 3.35. The molecule has 1 aromatic rings. The molecule has 3 fully saturated rings. The van der Waals surface area contributed by atoms with Crippen molar-refractivity contribution >= 4 is 0 Å². The second-order valence-corrected chi connectivity index (χ2v) is 6.59. The zero-order chi connectivity index (χ0) is 12.3. The van der Waals surface area contributed by atoms with Gasteiger partial charge in [0.1, 0.15) is 0 Å². The number of nitrogens with one attached hydrogen (secondary N) is 1. The van der Waals surface area contributed by atoms with Crippen molar-refractivity contribution in [1.82, 2.24) is 5.32 Å². The number of hydrogen-bond acceptors (Lipinski definition) is 1. The molecule has 17 heavy (non-hydrogen) atoms. The predicted octanol–water partition coefficient (Wildman–Crippen LogP) is 3.25. The van der Waals surface area contributed by atoms with Gasteiger partial charge in [0.15, 0.2) is 0 Å². The predicted molar refractivity (Wildman–Crippen MR) is 72.5 cm³/mol. The van der Waals surface area contributed by atoms with Crippen LogP contribution in [0.3, 0.4) is 0 Å². The highest BCUT2D eigenvalue weighted by Crippen LogP contribution is 2.73. The molecule has 4 rings (SSSR count). The Bertz CT molecular complexity index is 453. The van der Waals surface area contributed by atoms with Gasteiger partial charge in [0, 0.05) is 6.54 Å². The Balaban J connectivity index is 1.87. The van der Waals surface area contributed by atoms with Crippen LogP contribution in [0, 0.1) is 26.2 Å². The molecule has 3 saturated carbocycles. The lowest BCUT2D eigenvalue weighted by Gasteiger charge is -2.71. The summed E-state index contributed by atoms with van der Waals surface area (Å²) >= 11 is 0. The van der Waals surface area contributed by atoms with E-state index in [1.807, 2.05) is 0 Å². The van der Waals surface area contributed by atoms with E-state index in [2.05, 4.69) is 45.3 Å². The molecule has 92 valence electrons. The quantitative estimate of drug-likeness (QED) is 0.839. The molecule has 0 heterocycles. The Morgan fingerprint density at radius 1 is 1.00 bits per heavy atom. The van der Waals surface area contributed by atoms with Crippen molar-refractivity contribution in [1.29, 1.82) is 0 Å². The molecular formula is C16H23N. The van der Waals surface area contributed by atoms with Gasteiger partial charge in [-0.05, 0) is 80.2 Å². The lowest BCUT2D eigenvalue weighted by Crippen LogP contribution is -2.67. The Labute approximate surface area is 105 Å². The first-order chi connectivity index (χ1) is 8.00. The zero-order valence-electron chi connectivity index (χ0n) is 11.5. The highest BCUT2D eigenvalue weighted by molar-refractivity contribution is 5.47. The molecule has 3 aliphatic rings. The average Bonchev–Trinajstić information content (AvgIpc) is 2.16. The molecule has 0 saturated heterocycles. The van der Waals surface area contributed by atoms with Gasteiger partial charge in [-0.1, -0.05) is 12.1 Å². The van der Waals surface area contributed by atoms with Gasteiger partial charge in [-0.3, -0.25) is 0 Å². The summed E-state index contributed by atoms with van der Waals surface area (Å²) in [6.45, 7) is 7.95. The maximum atomic E-state index is 3.35. The van der Waals surface area contributed by atoms with Gasteiger partial charge in [0.2, 0.25) is 0 Å². The summed E-state index contributed by atoms with van der Waals surface area (Å²) in [6.07, 6.45) is 4.22. The molecule has 0 aromatic heterocycles. The van der Waals surface area contributed by atoms with E-state index < -0.39 is 0 Å². The van der Waals surface area contributed by atoms with Crippen molar-refractivity contribution in [3.63, 3.8) is 0 Å². The Kier molecular flexibility index (Phi) is 2.22. The van der Waals surface area contributed by atoms with Gasteiger partial charge >= 0.3 is 0 Å². The fourth-order valence-corrected chi connectivity index (χ4v) is 4.38. The van der Waals surface area contributed by atoms with Crippen LogP contribution in [0.1, 0.15) is 41.5 Å². The molecule has 1 nitrogen and oxygen atoms in total. The van der Waals surface area contributed by atoms with Crippen LogP contribution in [0.2, 0.25) is 0 Å². The van der Waals surface area contributed by atoms with E-state index >= 15 is 0 Å². The molecule has 0 spiro atoms. The smallest absolute Gasteiger partial charge is 0.000577 e. The van der Waals surface area contributed by atoms with Gasteiger partial charge in [-0.15, -0.1) is 0 Å². The third-order valence-corrected chi connectivity index (χ3v) is 5.10. The van der Waals surface area contributed by atoms with Crippen molar-refractivity contribution in [2.24, 2.45) is 5.41 Å². The van der Waals surface area contributed by atoms with Crippen LogP contribution >= 0.6 is 0 Å². The third kappa shape index (κ3) is 1.41. The maximum absolute atomic E-state index is 3.35. The van der Waals surface area contributed by atoms with E-state index in [-0.39, 0.29) is 0 Å². The zero-order valence-corrected chi connectivity index (χ0v) is 11.5. The molecule has 0 unspecified atom stereocenters. The lowest BCUT2D eigenvalue weighted by atomic mass is 9.33. The molecule has 0 aliphatic heterocycles. The highest BCUT2D eigenvalue weighted by Gasteiger charge is 2.67. The molecule has 2 bridgehead atoms. The van der Waals surface area contributed by atoms with Gasteiger partial charge < -0.3 is 5.32 Å². The lowest BCUT2D eigenvalue weighted by molar-refractivity contribution is -0.137. The van der Waals surface area contributed by atoms with Gasteiger partial charge in [-0.25, -0.2) is 0 Å². The highest BCUT2D eigenvalue weighted by atomic mass is 14.9. The van der Waals surface area contributed by atoms with Crippen LogP contribution in [-0.2, 0) is 5.41 Å². The topological polar surface area (TPSA) is 12.0 Å². The van der Waals surface area contributed by atoms with E-state index in [0.29, 0.717) is 10.8 Å². The molecular weight excluding hydrogens is 206 g/mol. The minimum Gasteiger partial charge on any atom is -0.319 e. The van der Waals surface area contributed by atoms with Crippen LogP contribution in [0.5, 0.6) is 0 Å². The van der Waals surface area contributed by atoms with E-state index in [1.165, 1.54) is 42.5 Å². The van der Waals surface area contributed by atoms with E-state index in [1.54, 1.807) is 5.56 Å². The first-order valence-electron chi connectivity index (χ1n) is 6.73. The number of aryl methyl sites for hydroxylation is 3. The third-order valence-electron chi connectivity index (χ3n) is 5.10. The summed E-state index contributed by atoms with van der Waals surface area (Å²) in [4.78, 5) is 0. The largest absolute Gasteiger partial charge is 0.319 e. The fourth-order valence-electron chi connectivity index (χ4n) is 4.38. The van der Waals surface area contributed by atoms with Crippen molar-refractivity contribution in [2.45, 2.75) is 45.4 Å². The summed E-state index contributed by atoms with van der Waals surface area (Å²) in [5.74, 6) is 0. The standard InChI is InChI=1S/C16H23N/c1-11-5-13(3)14(6-12(11)2)16-7-15(8-16,9-16)10-17-4/h5-6,17H,7-10H2,1-4H3. The van der Waals surface area contributed by atoms with Crippen LogP contribution in [-0.4, -0.2) is 13.6 Å². The van der Waals surface area contributed by atoms with E-state index in [0.717, 1.165) is 0 Å². The monoisotopic (exact) mass is 229 g/mol. The number of benzene rings is 1. The first-order valence-corrected chi connectivity index (χ1v) is 6.73. The van der Waals surface area contributed by atoms with Crippen LogP contribution < -0.4 is 5.32 Å². The molecule has 3 aliphatic carbocycles. The van der Waals surface area contributed by atoms with Crippen molar-refractivity contribution in [2.75, 3.05) is 13.6 Å². The normalized spacial score (nSPS) is 34.1. The minimum atomic E-state index is 0.555. The average molecular weight is 229 g/mol. The number of hydrogen-bond donors (Lipinski definition) is 1. The van der Waals surface area contributed by atoms with Crippen molar-refractivity contribution < 1.29 is 0 Å². The molecule has 0 radical (unpaired) electrons. The molecule has 0 atom stereocenters. The van der Waals surface area contributed by atoms with Gasteiger partial charge in [0.05, 0.1) is 0 Å². The second-order valence-electron chi connectivity index (χ2n) is 6.59. The van der Waals surface area contributed by atoms with E-state index in [9.17, 15) is 0 Å². The Hall–Kier alpha value is -0.820. The molecule has 1 heteroatoms. The maximum Gasteiger partial charge on any atom is 0.000577 e. The fraction of sp³-hybridized carbons (Fsp3) is 0.625. The minimum absolute atomic E-state index is 0.555. The Morgan fingerprint density at radius 2 is 1.59 bits per heavy atom. The molecule has 1 aromatic carbocycles. The molecule has 0 amide bonds. The van der Waals surface area contributed by atoms with Crippen molar-refractivity contribution in [3.05, 3.63) is 34.4 Å². The van der Waals surface area contributed by atoms with E-state index in [4.69, 9.17) is 0 Å². The first kappa shape index (κ1) is 11.3. The Morgan fingerprint density at radius 3 is 2.18 bits per heavy atom. The second kappa shape index (κ2) is 3.35. The van der Waals surface area contributed by atoms with Crippen LogP contribution in [0.4, 0.5) is 0 Å². The van der Waals surface area contributed by atoms with Crippen LogP contribution in [0.15, 0.2) is 12.1 Å². The molecule has 1 N–H and O–H groups in total. The summed E-state index contributed by atoms with van der Waals surface area (Å²) in [6, 6.07) is 4.82. The van der Waals surface area contributed by atoms with Crippen molar-refractivity contribution in [3.8, 4) is 0 Å². The van der Waals surface area contributed by atoms with Crippen LogP contribution in [0.25, 0.3) is 0 Å². The van der Waals surface area contributed by atoms with Gasteiger partial charge in [0.25, 0.3) is 0 Å². The summed E-state index contributed by atoms with van der Waals surface area (Å²) < 4.78 is 0. The summed E-state index contributed by atoms with van der Waals surface area (Å²) in [7, 11) is 2.08. The SMILES string of the molecule is CNCC12CC(c3cc(C)c(C)cc3C)(C1)C2.